The molecule has 1 fully saturated rings. The Bertz CT molecular complexity index is 634. The van der Waals surface area contributed by atoms with E-state index in [1.54, 1.807) is 7.11 Å². The molecule has 0 amide bonds. The minimum atomic E-state index is 0.205. The van der Waals surface area contributed by atoms with Crippen LogP contribution in [-0.2, 0) is 17.9 Å². The van der Waals surface area contributed by atoms with Crippen LogP contribution in [0.4, 0.5) is 0 Å². The van der Waals surface area contributed by atoms with Crippen LogP contribution in [0.5, 0.6) is 0 Å². The third-order valence-corrected chi connectivity index (χ3v) is 4.23. The Balaban J connectivity index is 1.92. The number of aryl methyl sites for hydroxylation is 1. The van der Waals surface area contributed by atoms with E-state index in [0.717, 1.165) is 29.6 Å². The lowest BCUT2D eigenvalue weighted by Gasteiger charge is -2.13. The van der Waals surface area contributed by atoms with Crippen molar-refractivity contribution in [3.05, 3.63) is 29.7 Å². The first-order chi connectivity index (χ1) is 10.7. The molecule has 1 aliphatic carbocycles. The van der Waals surface area contributed by atoms with Crippen molar-refractivity contribution in [3.8, 4) is 0 Å². The second-order valence-corrected chi connectivity index (χ2v) is 6.15. The molecule has 22 heavy (non-hydrogen) atoms. The first-order valence-electron chi connectivity index (χ1n) is 8.06. The van der Waals surface area contributed by atoms with Gasteiger partial charge >= 0.3 is 0 Å². The molecule has 5 nitrogen and oxygen atoms in total. The fraction of sp³-hybridized carbons (Fsp3) is 0.588. The predicted molar refractivity (Wildman–Crippen MR) is 86.7 cm³/mol. The number of aliphatic hydroxyl groups excluding tert-OH is 1. The Morgan fingerprint density at radius 1 is 1.50 bits per heavy atom. The molecule has 0 bridgehead atoms. The topological polar surface area (TPSA) is 59.3 Å². The van der Waals surface area contributed by atoms with E-state index in [2.05, 4.69) is 34.1 Å². The molecular weight excluding hydrogens is 278 g/mol. The van der Waals surface area contributed by atoms with Crippen molar-refractivity contribution in [2.24, 2.45) is 0 Å². The molecule has 2 aromatic heterocycles. The van der Waals surface area contributed by atoms with Gasteiger partial charge in [-0.1, -0.05) is 0 Å². The van der Waals surface area contributed by atoms with E-state index >= 15 is 0 Å². The van der Waals surface area contributed by atoms with Gasteiger partial charge in [-0.2, -0.15) is 0 Å². The van der Waals surface area contributed by atoms with E-state index in [4.69, 9.17) is 9.84 Å². The van der Waals surface area contributed by atoms with Gasteiger partial charge < -0.3 is 19.7 Å². The van der Waals surface area contributed by atoms with Crippen LogP contribution in [0.1, 0.15) is 43.5 Å². The monoisotopic (exact) mass is 303 g/mol. The highest BCUT2D eigenvalue weighted by Gasteiger charge is 2.24. The van der Waals surface area contributed by atoms with Gasteiger partial charge in [0.2, 0.25) is 0 Å². The SMILES string of the molecule is COCc1cn(CCCO)c2cc(C(C)NC3CC3)ncc12. The summed E-state index contributed by atoms with van der Waals surface area (Å²) in [6.07, 6.45) is 7.38. The van der Waals surface area contributed by atoms with Crippen molar-refractivity contribution in [2.45, 2.75) is 51.4 Å². The largest absolute Gasteiger partial charge is 0.396 e. The lowest BCUT2D eigenvalue weighted by atomic mass is 10.1. The molecule has 0 spiro atoms. The predicted octanol–water partition coefficient (Wildman–Crippen LogP) is 2.38. The molecule has 2 aromatic rings. The molecule has 1 saturated carbocycles. The Hall–Kier alpha value is -1.43. The maximum absolute atomic E-state index is 9.10. The van der Waals surface area contributed by atoms with Crippen LogP contribution in [0.15, 0.2) is 18.5 Å². The van der Waals surface area contributed by atoms with Crippen LogP contribution in [0.3, 0.4) is 0 Å². The zero-order valence-electron chi connectivity index (χ0n) is 13.4. The number of methoxy groups -OCH3 is 1. The van der Waals surface area contributed by atoms with Gasteiger partial charge in [0.25, 0.3) is 0 Å². The minimum absolute atomic E-state index is 0.205. The molecule has 2 N–H and O–H groups in total. The molecule has 120 valence electrons. The highest BCUT2D eigenvalue weighted by Crippen LogP contribution is 2.27. The standard InChI is InChI=1S/C17H25N3O2/c1-12(19-14-4-5-14)16-8-17-15(9-18-16)13(11-22-2)10-20(17)6-3-7-21/h8-10,12,14,19,21H,3-7,11H2,1-2H3. The molecule has 0 radical (unpaired) electrons. The first kappa shape index (κ1) is 15.5. The molecule has 0 aliphatic heterocycles. The average Bonchev–Trinajstić information content (AvgIpc) is 3.27. The van der Waals surface area contributed by atoms with Crippen LogP contribution in [0.2, 0.25) is 0 Å². The number of ether oxygens (including phenoxy) is 1. The quantitative estimate of drug-likeness (QED) is 0.786. The lowest BCUT2D eigenvalue weighted by molar-refractivity contribution is 0.185. The maximum atomic E-state index is 9.10. The third-order valence-electron chi connectivity index (χ3n) is 4.23. The highest BCUT2D eigenvalue weighted by molar-refractivity contribution is 5.83. The fourth-order valence-electron chi connectivity index (χ4n) is 2.89. The van der Waals surface area contributed by atoms with Crippen LogP contribution < -0.4 is 5.32 Å². The van der Waals surface area contributed by atoms with Crippen molar-refractivity contribution >= 4 is 10.9 Å². The molecule has 1 aliphatic rings. The van der Waals surface area contributed by atoms with Crippen molar-refractivity contribution in [3.63, 3.8) is 0 Å². The summed E-state index contributed by atoms with van der Waals surface area (Å²) >= 11 is 0. The highest BCUT2D eigenvalue weighted by atomic mass is 16.5. The van der Waals surface area contributed by atoms with Crippen molar-refractivity contribution in [2.75, 3.05) is 13.7 Å². The summed E-state index contributed by atoms with van der Waals surface area (Å²) < 4.78 is 7.49. The van der Waals surface area contributed by atoms with Gasteiger partial charge in [-0.05, 0) is 32.3 Å². The van der Waals surface area contributed by atoms with E-state index in [1.165, 1.54) is 18.4 Å². The number of aromatic nitrogens is 2. The van der Waals surface area contributed by atoms with Crippen molar-refractivity contribution in [1.82, 2.24) is 14.9 Å². The molecule has 1 unspecified atom stereocenters. The molecular formula is C17H25N3O2. The van der Waals surface area contributed by atoms with E-state index in [-0.39, 0.29) is 12.6 Å². The van der Waals surface area contributed by atoms with Crippen LogP contribution in [-0.4, -0.2) is 34.4 Å². The number of rotatable bonds is 8. The Morgan fingerprint density at radius 3 is 3.00 bits per heavy atom. The first-order valence-corrected chi connectivity index (χ1v) is 8.06. The number of nitrogens with zero attached hydrogens (tertiary/aromatic N) is 2. The summed E-state index contributed by atoms with van der Waals surface area (Å²) in [6.45, 7) is 3.77. The molecule has 3 rings (SSSR count). The Morgan fingerprint density at radius 2 is 2.32 bits per heavy atom. The minimum Gasteiger partial charge on any atom is -0.396 e. The summed E-state index contributed by atoms with van der Waals surface area (Å²) in [5.41, 5.74) is 3.40. The summed E-state index contributed by atoms with van der Waals surface area (Å²) in [4.78, 5) is 4.64. The van der Waals surface area contributed by atoms with Gasteiger partial charge in [0, 0.05) is 55.7 Å². The van der Waals surface area contributed by atoms with Gasteiger partial charge in [0.1, 0.15) is 0 Å². The van der Waals surface area contributed by atoms with E-state index in [1.807, 2.05) is 6.20 Å². The molecule has 0 aromatic carbocycles. The zero-order valence-corrected chi connectivity index (χ0v) is 13.4. The van der Waals surface area contributed by atoms with E-state index in [0.29, 0.717) is 12.6 Å². The lowest BCUT2D eigenvalue weighted by Crippen LogP contribution is -2.21. The van der Waals surface area contributed by atoms with Crippen LogP contribution >= 0.6 is 0 Å². The zero-order chi connectivity index (χ0) is 15.5. The summed E-state index contributed by atoms with van der Waals surface area (Å²) in [5, 5.41) is 13.8. The second kappa shape index (κ2) is 6.77. The maximum Gasteiger partial charge on any atom is 0.0734 e. The number of fused-ring (bicyclic) bond motifs is 1. The van der Waals surface area contributed by atoms with Gasteiger partial charge in [-0.25, -0.2) is 0 Å². The third kappa shape index (κ3) is 3.32. The van der Waals surface area contributed by atoms with Crippen LogP contribution in [0, 0.1) is 0 Å². The number of pyridine rings is 1. The molecule has 2 heterocycles. The number of nitrogens with one attached hydrogen (secondary N) is 1. The normalized spacial score (nSPS) is 16.3. The Labute approximate surface area is 131 Å². The van der Waals surface area contributed by atoms with Gasteiger partial charge in [0.05, 0.1) is 17.8 Å². The molecule has 5 heteroatoms. The average molecular weight is 303 g/mol. The fourth-order valence-corrected chi connectivity index (χ4v) is 2.89. The van der Waals surface area contributed by atoms with E-state index in [9.17, 15) is 0 Å². The number of hydrogen-bond acceptors (Lipinski definition) is 4. The summed E-state index contributed by atoms with van der Waals surface area (Å²) in [6, 6.07) is 3.10. The summed E-state index contributed by atoms with van der Waals surface area (Å²) in [7, 11) is 1.71. The van der Waals surface area contributed by atoms with Gasteiger partial charge in [-0.3, -0.25) is 4.98 Å². The Kier molecular flexibility index (Phi) is 4.76. The van der Waals surface area contributed by atoms with Gasteiger partial charge in [0.15, 0.2) is 0 Å². The van der Waals surface area contributed by atoms with E-state index < -0.39 is 0 Å². The smallest absolute Gasteiger partial charge is 0.0734 e. The van der Waals surface area contributed by atoms with Crippen molar-refractivity contribution in [1.29, 1.82) is 0 Å². The summed E-state index contributed by atoms with van der Waals surface area (Å²) in [5.74, 6) is 0. The van der Waals surface area contributed by atoms with Gasteiger partial charge in [-0.15, -0.1) is 0 Å². The van der Waals surface area contributed by atoms with Crippen molar-refractivity contribution < 1.29 is 9.84 Å². The number of aliphatic hydroxyl groups is 1. The molecule has 1 atom stereocenters. The second-order valence-electron chi connectivity index (χ2n) is 6.15. The van der Waals surface area contributed by atoms with Crippen LogP contribution in [0.25, 0.3) is 10.9 Å². The number of hydrogen-bond donors (Lipinski definition) is 2. The molecule has 0 saturated heterocycles.